The van der Waals surface area contributed by atoms with Gasteiger partial charge in [-0.2, -0.15) is 0 Å². The fraction of sp³-hybridized carbons (Fsp3) is 0.455. The topological polar surface area (TPSA) is 20.2 Å². The van der Waals surface area contributed by atoms with Crippen LogP contribution in [0.3, 0.4) is 0 Å². The van der Waals surface area contributed by atoms with Crippen LogP contribution >= 0.6 is 0 Å². The van der Waals surface area contributed by atoms with Crippen molar-refractivity contribution in [2.45, 2.75) is 26.9 Å². The highest BCUT2D eigenvalue weighted by Crippen LogP contribution is 2.37. The van der Waals surface area contributed by atoms with Crippen LogP contribution in [-0.2, 0) is 0 Å². The third-order valence-electron chi connectivity index (χ3n) is 2.45. The van der Waals surface area contributed by atoms with E-state index in [0.717, 1.165) is 11.1 Å². The minimum atomic E-state index is -0.394. The standard InChI is InChI=1S/C11H16O/c1-8(2)9-6-5-7-10(12)11(9,3)4/h5-7,10,12H,1H2,2-4H3. The maximum atomic E-state index is 9.69. The molecule has 1 aliphatic rings. The summed E-state index contributed by atoms with van der Waals surface area (Å²) in [4.78, 5) is 0. The Bertz CT molecular complexity index is 256. The Morgan fingerprint density at radius 3 is 2.58 bits per heavy atom. The summed E-state index contributed by atoms with van der Waals surface area (Å²) in [6.07, 6.45) is 5.33. The van der Waals surface area contributed by atoms with Gasteiger partial charge in [0, 0.05) is 5.41 Å². The summed E-state index contributed by atoms with van der Waals surface area (Å²) >= 11 is 0. The van der Waals surface area contributed by atoms with Gasteiger partial charge in [0.15, 0.2) is 0 Å². The maximum absolute atomic E-state index is 9.69. The molecule has 0 aromatic carbocycles. The van der Waals surface area contributed by atoms with Gasteiger partial charge in [0.2, 0.25) is 0 Å². The first-order valence-electron chi connectivity index (χ1n) is 4.19. The lowest BCUT2D eigenvalue weighted by Gasteiger charge is -2.34. The predicted octanol–water partition coefficient (Wildman–Crippen LogP) is 2.45. The van der Waals surface area contributed by atoms with Crippen LogP contribution < -0.4 is 0 Å². The Kier molecular flexibility index (Phi) is 2.25. The second kappa shape index (κ2) is 2.91. The molecule has 0 saturated carbocycles. The molecule has 0 aromatic rings. The van der Waals surface area contributed by atoms with Crippen molar-refractivity contribution >= 4 is 0 Å². The van der Waals surface area contributed by atoms with Gasteiger partial charge in [0.25, 0.3) is 0 Å². The Morgan fingerprint density at radius 1 is 1.58 bits per heavy atom. The molecule has 0 heterocycles. The zero-order chi connectivity index (χ0) is 9.35. The average Bonchev–Trinajstić information content (AvgIpc) is 1.94. The number of allylic oxidation sites excluding steroid dienone is 3. The van der Waals surface area contributed by atoms with Crippen molar-refractivity contribution in [2.24, 2.45) is 5.41 Å². The highest BCUT2D eigenvalue weighted by atomic mass is 16.3. The molecule has 0 spiro atoms. The van der Waals surface area contributed by atoms with Gasteiger partial charge in [-0.25, -0.2) is 0 Å². The first-order valence-corrected chi connectivity index (χ1v) is 4.19. The Morgan fingerprint density at radius 2 is 2.17 bits per heavy atom. The number of aliphatic hydroxyl groups is 1. The molecule has 1 atom stereocenters. The van der Waals surface area contributed by atoms with Crippen LogP contribution in [0, 0.1) is 5.41 Å². The van der Waals surface area contributed by atoms with E-state index in [-0.39, 0.29) is 5.41 Å². The van der Waals surface area contributed by atoms with Gasteiger partial charge in [-0.05, 0) is 12.5 Å². The van der Waals surface area contributed by atoms with E-state index in [1.165, 1.54) is 0 Å². The second-order valence-corrected chi connectivity index (χ2v) is 3.91. The zero-order valence-corrected chi connectivity index (χ0v) is 7.96. The summed E-state index contributed by atoms with van der Waals surface area (Å²) in [5, 5.41) is 9.69. The minimum absolute atomic E-state index is 0.194. The van der Waals surface area contributed by atoms with Crippen LogP contribution in [0.2, 0.25) is 0 Å². The first-order chi connectivity index (χ1) is 5.46. The molecule has 0 aromatic heterocycles. The smallest absolute Gasteiger partial charge is 0.0815 e. The quantitative estimate of drug-likeness (QED) is 0.631. The maximum Gasteiger partial charge on any atom is 0.0815 e. The highest BCUT2D eigenvalue weighted by Gasteiger charge is 2.31. The fourth-order valence-corrected chi connectivity index (χ4v) is 1.56. The summed E-state index contributed by atoms with van der Waals surface area (Å²) in [5.74, 6) is 0. The molecule has 1 N–H and O–H groups in total. The van der Waals surface area contributed by atoms with E-state index in [1.807, 2.05) is 39.0 Å². The third-order valence-corrected chi connectivity index (χ3v) is 2.45. The van der Waals surface area contributed by atoms with E-state index >= 15 is 0 Å². The molecule has 0 fully saturated rings. The third kappa shape index (κ3) is 1.37. The largest absolute Gasteiger partial charge is 0.388 e. The average molecular weight is 164 g/mol. The van der Waals surface area contributed by atoms with Crippen LogP contribution in [0.15, 0.2) is 36.0 Å². The first kappa shape index (κ1) is 9.27. The number of rotatable bonds is 1. The Hall–Kier alpha value is -0.820. The van der Waals surface area contributed by atoms with Crippen LogP contribution in [0.1, 0.15) is 20.8 Å². The molecule has 12 heavy (non-hydrogen) atoms. The Balaban J connectivity index is 3.06. The summed E-state index contributed by atoms with van der Waals surface area (Å²) in [6, 6.07) is 0. The summed E-state index contributed by atoms with van der Waals surface area (Å²) < 4.78 is 0. The van der Waals surface area contributed by atoms with Gasteiger partial charge in [-0.1, -0.05) is 44.2 Å². The monoisotopic (exact) mass is 164 g/mol. The van der Waals surface area contributed by atoms with Crippen molar-refractivity contribution in [1.29, 1.82) is 0 Å². The van der Waals surface area contributed by atoms with Crippen LogP contribution in [0.25, 0.3) is 0 Å². The summed E-state index contributed by atoms with van der Waals surface area (Å²) in [7, 11) is 0. The number of hydrogen-bond acceptors (Lipinski definition) is 1. The normalized spacial score (nSPS) is 26.7. The van der Waals surface area contributed by atoms with E-state index in [0.29, 0.717) is 0 Å². The molecule has 0 amide bonds. The molecule has 0 saturated heterocycles. The van der Waals surface area contributed by atoms with Crippen molar-refractivity contribution in [3.05, 3.63) is 36.0 Å². The highest BCUT2D eigenvalue weighted by molar-refractivity contribution is 5.40. The SMILES string of the molecule is C=C(C)C1=CC=CC(O)C1(C)C. The van der Waals surface area contributed by atoms with Crippen LogP contribution in [-0.4, -0.2) is 11.2 Å². The molecular weight excluding hydrogens is 148 g/mol. The molecular formula is C11H16O. The molecule has 0 aliphatic heterocycles. The van der Waals surface area contributed by atoms with Gasteiger partial charge < -0.3 is 5.11 Å². The second-order valence-electron chi connectivity index (χ2n) is 3.91. The minimum Gasteiger partial charge on any atom is -0.388 e. The molecule has 0 bridgehead atoms. The van der Waals surface area contributed by atoms with Crippen molar-refractivity contribution < 1.29 is 5.11 Å². The fourth-order valence-electron chi connectivity index (χ4n) is 1.56. The molecule has 1 unspecified atom stereocenters. The van der Waals surface area contributed by atoms with Gasteiger partial charge >= 0.3 is 0 Å². The Labute approximate surface area is 74.1 Å². The van der Waals surface area contributed by atoms with Crippen molar-refractivity contribution in [3.63, 3.8) is 0 Å². The molecule has 1 rings (SSSR count). The number of aliphatic hydroxyl groups excluding tert-OH is 1. The van der Waals surface area contributed by atoms with Crippen LogP contribution in [0.5, 0.6) is 0 Å². The lowest BCUT2D eigenvalue weighted by Crippen LogP contribution is -2.31. The summed E-state index contributed by atoms with van der Waals surface area (Å²) in [6.45, 7) is 9.93. The summed E-state index contributed by atoms with van der Waals surface area (Å²) in [5.41, 5.74) is 1.97. The lowest BCUT2D eigenvalue weighted by atomic mass is 9.74. The van der Waals surface area contributed by atoms with Crippen molar-refractivity contribution in [1.82, 2.24) is 0 Å². The van der Waals surface area contributed by atoms with Crippen molar-refractivity contribution in [3.8, 4) is 0 Å². The van der Waals surface area contributed by atoms with E-state index in [1.54, 1.807) is 0 Å². The predicted molar refractivity (Wildman–Crippen MR) is 51.8 cm³/mol. The van der Waals surface area contributed by atoms with E-state index in [9.17, 15) is 5.11 Å². The molecule has 1 nitrogen and oxygen atoms in total. The molecule has 66 valence electrons. The van der Waals surface area contributed by atoms with Gasteiger partial charge in [0.05, 0.1) is 6.10 Å². The van der Waals surface area contributed by atoms with E-state index in [4.69, 9.17) is 0 Å². The van der Waals surface area contributed by atoms with Crippen molar-refractivity contribution in [2.75, 3.05) is 0 Å². The molecule has 1 aliphatic carbocycles. The van der Waals surface area contributed by atoms with E-state index < -0.39 is 6.10 Å². The number of hydrogen-bond donors (Lipinski definition) is 1. The molecule has 0 radical (unpaired) electrons. The zero-order valence-electron chi connectivity index (χ0n) is 7.96. The van der Waals surface area contributed by atoms with Crippen LogP contribution in [0.4, 0.5) is 0 Å². The molecule has 1 heteroatoms. The lowest BCUT2D eigenvalue weighted by molar-refractivity contribution is 0.117. The van der Waals surface area contributed by atoms with Gasteiger partial charge in [-0.15, -0.1) is 0 Å². The van der Waals surface area contributed by atoms with Gasteiger partial charge in [-0.3, -0.25) is 0 Å². The van der Waals surface area contributed by atoms with Gasteiger partial charge in [0.1, 0.15) is 0 Å². The van der Waals surface area contributed by atoms with E-state index in [2.05, 4.69) is 6.58 Å².